The van der Waals surface area contributed by atoms with Crippen molar-refractivity contribution in [2.75, 3.05) is 18.9 Å². The number of aliphatic hydroxyl groups excluding tert-OH is 1. The summed E-state index contributed by atoms with van der Waals surface area (Å²) >= 11 is 0. The number of hydrogen-bond donors (Lipinski definition) is 2. The summed E-state index contributed by atoms with van der Waals surface area (Å²) in [5, 5.41) is 12.2. The monoisotopic (exact) mass is 460 g/mol. The average Bonchev–Trinajstić information content (AvgIpc) is 2.84. The number of carbonyl (C=O) groups excluding carboxylic acids is 1. The van der Waals surface area contributed by atoms with E-state index in [4.69, 9.17) is 9.47 Å². The zero-order valence-corrected chi connectivity index (χ0v) is 19.7. The van der Waals surface area contributed by atoms with Gasteiger partial charge in [0.05, 0.1) is 18.8 Å². The zero-order chi connectivity index (χ0) is 23.9. The number of ether oxygens (including phenoxy) is 2. The number of likely N-dealkylation sites (N-methyl/N-ethyl adjacent to an activating group) is 1. The van der Waals surface area contributed by atoms with E-state index in [2.05, 4.69) is 41.5 Å². The number of aliphatic hydroxyl groups is 1. The third-order valence-electron chi connectivity index (χ3n) is 5.90. The molecule has 0 aliphatic carbocycles. The third kappa shape index (κ3) is 6.52. The van der Waals surface area contributed by atoms with Gasteiger partial charge in [-0.15, -0.1) is 0 Å². The predicted octanol–water partition coefficient (Wildman–Crippen LogP) is 4.81. The standard InChI is InChI=1S/C28H32N2O4/c1-20(32)29-25-10-6-9-24(15-25)28-33-26(18-30(2)17-21-7-4-3-5-8-21)16-27(34-28)23-13-11-22(19-31)12-14-23/h3-15,26-28,31H,16-19H2,1-2H3,(H,29,32)/t26-,27+,28+/m0/s1. The van der Waals surface area contributed by atoms with Crippen molar-refractivity contribution >= 4 is 11.6 Å². The van der Waals surface area contributed by atoms with Crippen molar-refractivity contribution in [2.45, 2.75) is 45.0 Å². The first-order valence-corrected chi connectivity index (χ1v) is 11.6. The van der Waals surface area contributed by atoms with Gasteiger partial charge in [0.2, 0.25) is 5.91 Å². The van der Waals surface area contributed by atoms with Crippen LogP contribution in [0.3, 0.4) is 0 Å². The van der Waals surface area contributed by atoms with Crippen molar-refractivity contribution in [3.8, 4) is 0 Å². The smallest absolute Gasteiger partial charge is 0.221 e. The maximum Gasteiger partial charge on any atom is 0.221 e. The summed E-state index contributed by atoms with van der Waals surface area (Å²) in [6.07, 6.45) is -0.0232. The molecule has 2 N–H and O–H groups in total. The van der Waals surface area contributed by atoms with Crippen LogP contribution in [0.4, 0.5) is 5.69 Å². The Labute approximate surface area is 201 Å². The predicted molar refractivity (Wildman–Crippen MR) is 132 cm³/mol. The Hall–Kier alpha value is -3.03. The van der Waals surface area contributed by atoms with Crippen molar-refractivity contribution in [3.63, 3.8) is 0 Å². The van der Waals surface area contributed by atoms with Crippen molar-refractivity contribution < 1.29 is 19.4 Å². The van der Waals surface area contributed by atoms with Gasteiger partial charge in [0.25, 0.3) is 0 Å². The number of carbonyl (C=O) groups is 1. The molecule has 1 saturated heterocycles. The van der Waals surface area contributed by atoms with Crippen LogP contribution >= 0.6 is 0 Å². The molecule has 0 spiro atoms. The number of anilines is 1. The second-order valence-electron chi connectivity index (χ2n) is 8.84. The van der Waals surface area contributed by atoms with Gasteiger partial charge in [0.1, 0.15) is 0 Å². The van der Waals surface area contributed by atoms with Crippen LogP contribution in [0, 0.1) is 0 Å². The summed E-state index contributed by atoms with van der Waals surface area (Å²) in [7, 11) is 2.10. The van der Waals surface area contributed by atoms with Crippen molar-refractivity contribution in [1.29, 1.82) is 0 Å². The Balaban J connectivity index is 1.53. The molecule has 34 heavy (non-hydrogen) atoms. The van der Waals surface area contributed by atoms with Gasteiger partial charge in [-0.05, 0) is 35.9 Å². The quantitative estimate of drug-likeness (QED) is 0.505. The van der Waals surface area contributed by atoms with E-state index < -0.39 is 6.29 Å². The van der Waals surface area contributed by atoms with E-state index in [9.17, 15) is 9.90 Å². The molecule has 0 bridgehead atoms. The largest absolute Gasteiger partial charge is 0.392 e. The molecule has 1 fully saturated rings. The molecule has 6 nitrogen and oxygen atoms in total. The van der Waals surface area contributed by atoms with E-state index in [0.29, 0.717) is 5.69 Å². The molecular formula is C28H32N2O4. The molecule has 3 atom stereocenters. The summed E-state index contributed by atoms with van der Waals surface area (Å²) in [6, 6.07) is 25.9. The van der Waals surface area contributed by atoms with Crippen LogP contribution in [0.2, 0.25) is 0 Å². The maximum absolute atomic E-state index is 11.5. The lowest BCUT2D eigenvalue weighted by molar-refractivity contribution is -0.252. The van der Waals surface area contributed by atoms with Gasteiger partial charge in [-0.25, -0.2) is 0 Å². The first-order chi connectivity index (χ1) is 16.5. The number of hydrogen-bond acceptors (Lipinski definition) is 5. The lowest BCUT2D eigenvalue weighted by Crippen LogP contribution is -2.37. The molecule has 0 aromatic heterocycles. The van der Waals surface area contributed by atoms with Gasteiger partial charge in [-0.1, -0.05) is 66.7 Å². The molecule has 6 heteroatoms. The van der Waals surface area contributed by atoms with E-state index in [-0.39, 0.29) is 24.7 Å². The van der Waals surface area contributed by atoms with E-state index in [1.54, 1.807) is 0 Å². The van der Waals surface area contributed by atoms with Crippen molar-refractivity contribution in [3.05, 3.63) is 101 Å². The van der Waals surface area contributed by atoms with Gasteiger partial charge < -0.3 is 19.9 Å². The second-order valence-corrected chi connectivity index (χ2v) is 8.84. The topological polar surface area (TPSA) is 71.0 Å². The fraction of sp³-hybridized carbons (Fsp3) is 0.321. The molecule has 1 aliphatic heterocycles. The van der Waals surface area contributed by atoms with Gasteiger partial charge in [-0.3, -0.25) is 9.69 Å². The third-order valence-corrected chi connectivity index (χ3v) is 5.90. The number of rotatable bonds is 8. The van der Waals surface area contributed by atoms with Gasteiger partial charge in [-0.2, -0.15) is 0 Å². The van der Waals surface area contributed by atoms with Crippen molar-refractivity contribution in [1.82, 2.24) is 4.90 Å². The Morgan fingerprint density at radius 3 is 2.44 bits per heavy atom. The molecule has 0 unspecified atom stereocenters. The highest BCUT2D eigenvalue weighted by Crippen LogP contribution is 2.38. The van der Waals surface area contributed by atoms with Gasteiger partial charge >= 0.3 is 0 Å². The van der Waals surface area contributed by atoms with Crippen LogP contribution in [-0.2, 0) is 27.4 Å². The Bertz CT molecular complexity index is 1070. The fourth-order valence-corrected chi connectivity index (χ4v) is 4.31. The lowest BCUT2D eigenvalue weighted by atomic mass is 9.99. The van der Waals surface area contributed by atoms with E-state index in [1.165, 1.54) is 12.5 Å². The molecule has 0 radical (unpaired) electrons. The molecule has 3 aromatic rings. The highest BCUT2D eigenvalue weighted by Gasteiger charge is 2.32. The summed E-state index contributed by atoms with van der Waals surface area (Å²) in [4.78, 5) is 13.8. The van der Waals surface area contributed by atoms with Gasteiger partial charge in [0.15, 0.2) is 6.29 Å². The number of nitrogens with zero attached hydrogens (tertiary/aromatic N) is 1. The molecule has 178 valence electrons. The van der Waals surface area contributed by atoms with Crippen LogP contribution in [0.25, 0.3) is 0 Å². The molecule has 4 rings (SSSR count). The number of benzene rings is 3. The van der Waals surface area contributed by atoms with Crippen LogP contribution in [0.1, 0.15) is 48.0 Å². The number of amides is 1. The summed E-state index contributed by atoms with van der Waals surface area (Å²) in [6.45, 7) is 3.09. The van der Waals surface area contributed by atoms with Crippen molar-refractivity contribution in [2.24, 2.45) is 0 Å². The van der Waals surface area contributed by atoms with Crippen LogP contribution in [0.5, 0.6) is 0 Å². The fourth-order valence-electron chi connectivity index (χ4n) is 4.31. The average molecular weight is 461 g/mol. The summed E-state index contributed by atoms with van der Waals surface area (Å²) in [5.41, 5.74) is 4.75. The van der Waals surface area contributed by atoms with E-state index >= 15 is 0 Å². The van der Waals surface area contributed by atoms with E-state index in [1.807, 2.05) is 54.6 Å². The molecule has 3 aromatic carbocycles. The Kier molecular flexibility index (Phi) is 8.08. The van der Waals surface area contributed by atoms with Crippen LogP contribution in [0.15, 0.2) is 78.9 Å². The SMILES string of the molecule is CC(=O)Nc1cccc([C@@H]2O[C@H](CN(C)Cc3ccccc3)C[C@H](c3ccc(CO)cc3)O2)c1. The molecular weight excluding hydrogens is 428 g/mol. The van der Waals surface area contributed by atoms with E-state index in [0.717, 1.165) is 36.2 Å². The molecule has 1 heterocycles. The van der Waals surface area contributed by atoms with Gasteiger partial charge in [0, 0.05) is 37.7 Å². The summed E-state index contributed by atoms with van der Waals surface area (Å²) in [5.74, 6) is -0.120. The minimum Gasteiger partial charge on any atom is -0.392 e. The Morgan fingerprint density at radius 2 is 1.74 bits per heavy atom. The zero-order valence-electron chi connectivity index (χ0n) is 19.7. The normalized spacial score (nSPS) is 20.3. The molecule has 1 aliphatic rings. The minimum atomic E-state index is -0.555. The van der Waals surface area contributed by atoms with Crippen LogP contribution in [-0.4, -0.2) is 35.6 Å². The maximum atomic E-state index is 11.5. The summed E-state index contributed by atoms with van der Waals surface area (Å²) < 4.78 is 12.8. The molecule has 1 amide bonds. The highest BCUT2D eigenvalue weighted by molar-refractivity contribution is 5.88. The first-order valence-electron chi connectivity index (χ1n) is 11.6. The molecule has 0 saturated carbocycles. The Morgan fingerprint density at radius 1 is 0.971 bits per heavy atom. The lowest BCUT2D eigenvalue weighted by Gasteiger charge is -2.38. The first kappa shape index (κ1) is 24.1. The second kappa shape index (κ2) is 11.4. The highest BCUT2D eigenvalue weighted by atomic mass is 16.7. The minimum absolute atomic E-state index is 0.0143. The van der Waals surface area contributed by atoms with Crippen LogP contribution < -0.4 is 5.32 Å². The number of nitrogens with one attached hydrogen (secondary N) is 1.